The van der Waals surface area contributed by atoms with Gasteiger partial charge in [-0.1, -0.05) is 0 Å². The topological polar surface area (TPSA) is 87.7 Å². The van der Waals surface area contributed by atoms with Crippen LogP contribution in [0.25, 0.3) is 11.0 Å². The molecule has 2 aromatic rings. The van der Waals surface area contributed by atoms with E-state index in [4.69, 9.17) is 21.4 Å². The Morgan fingerprint density at radius 3 is 2.52 bits per heavy atom. The van der Waals surface area contributed by atoms with Crippen LogP contribution in [-0.4, -0.2) is 49.8 Å². The predicted octanol–water partition coefficient (Wildman–Crippen LogP) is 1.83. The van der Waals surface area contributed by atoms with Crippen molar-refractivity contribution in [2.75, 3.05) is 6.61 Å². The highest BCUT2D eigenvalue weighted by Gasteiger charge is 2.44. The monoisotopic (exact) mass is 440 g/mol. The lowest BCUT2D eigenvalue weighted by Gasteiger charge is -2.18. The highest BCUT2D eigenvalue weighted by molar-refractivity contribution is 9.13. The van der Waals surface area contributed by atoms with E-state index in [0.717, 1.165) is 8.95 Å². The lowest BCUT2D eigenvalue weighted by atomic mass is 10.1. The Morgan fingerprint density at radius 2 is 1.90 bits per heavy atom. The molecule has 21 heavy (non-hydrogen) atoms. The second kappa shape index (κ2) is 5.77. The molecular formula is C12H11Br2ClN2O4. The maximum Gasteiger partial charge on any atom is 0.206 e. The third-order valence-corrected chi connectivity index (χ3v) is 5.57. The Hall–Kier alpha value is -0.220. The first-order valence-corrected chi connectivity index (χ1v) is 8.05. The molecule has 0 saturated carbocycles. The number of imidazole rings is 1. The largest absolute Gasteiger partial charge is 0.394 e. The minimum atomic E-state index is -1.21. The van der Waals surface area contributed by atoms with E-state index in [-0.39, 0.29) is 5.28 Å². The molecule has 9 heteroatoms. The summed E-state index contributed by atoms with van der Waals surface area (Å²) in [5.74, 6) is 0. The van der Waals surface area contributed by atoms with Crippen LogP contribution >= 0.6 is 43.5 Å². The van der Waals surface area contributed by atoms with Crippen molar-refractivity contribution in [3.05, 3.63) is 26.4 Å². The zero-order valence-corrected chi connectivity index (χ0v) is 14.4. The number of aromatic nitrogens is 2. The third kappa shape index (κ3) is 2.52. The summed E-state index contributed by atoms with van der Waals surface area (Å²) in [6.45, 7) is -0.395. The molecule has 1 fully saturated rings. The molecule has 3 N–H and O–H groups in total. The summed E-state index contributed by atoms with van der Waals surface area (Å²) in [5, 5.41) is 29.3. The van der Waals surface area contributed by atoms with Crippen LogP contribution in [0.4, 0.5) is 0 Å². The minimum Gasteiger partial charge on any atom is -0.394 e. The van der Waals surface area contributed by atoms with Crippen LogP contribution in [0.5, 0.6) is 0 Å². The smallest absolute Gasteiger partial charge is 0.206 e. The third-order valence-electron chi connectivity index (χ3n) is 3.46. The van der Waals surface area contributed by atoms with E-state index in [1.165, 1.54) is 4.57 Å². The Balaban J connectivity index is 2.12. The first kappa shape index (κ1) is 15.7. The number of aliphatic hydroxyl groups is 3. The Morgan fingerprint density at radius 1 is 1.24 bits per heavy atom. The fourth-order valence-electron chi connectivity index (χ4n) is 2.40. The SMILES string of the molecule is OC[C@H]1O[C@@H](n2c(Cl)nc3cc(Br)c(Br)cc32)[C@H](O)[C@@H]1O. The van der Waals surface area contributed by atoms with E-state index in [1.54, 1.807) is 12.1 Å². The van der Waals surface area contributed by atoms with Gasteiger partial charge in [-0.25, -0.2) is 4.98 Å². The second-order valence-corrected chi connectivity index (χ2v) is 6.78. The van der Waals surface area contributed by atoms with Gasteiger partial charge in [-0.2, -0.15) is 0 Å². The molecule has 0 bridgehead atoms. The summed E-state index contributed by atoms with van der Waals surface area (Å²) in [6, 6.07) is 3.57. The molecule has 1 aliphatic rings. The molecule has 1 aliphatic heterocycles. The van der Waals surface area contributed by atoms with E-state index in [9.17, 15) is 10.2 Å². The van der Waals surface area contributed by atoms with Gasteiger partial charge < -0.3 is 20.1 Å². The van der Waals surface area contributed by atoms with Crippen molar-refractivity contribution in [3.8, 4) is 0 Å². The number of benzene rings is 1. The van der Waals surface area contributed by atoms with Crippen molar-refractivity contribution < 1.29 is 20.1 Å². The summed E-state index contributed by atoms with van der Waals surface area (Å²) in [6.07, 6.45) is -4.17. The van der Waals surface area contributed by atoms with E-state index >= 15 is 0 Å². The Bertz CT molecular complexity index is 695. The van der Waals surface area contributed by atoms with Gasteiger partial charge in [-0.15, -0.1) is 0 Å². The first-order chi connectivity index (χ1) is 9.93. The molecule has 3 rings (SSSR count). The van der Waals surface area contributed by atoms with Gasteiger partial charge in [-0.3, -0.25) is 4.57 Å². The van der Waals surface area contributed by atoms with Gasteiger partial charge in [0.1, 0.15) is 18.3 Å². The van der Waals surface area contributed by atoms with Crippen molar-refractivity contribution in [2.24, 2.45) is 0 Å². The molecule has 0 unspecified atom stereocenters. The fraction of sp³-hybridized carbons (Fsp3) is 0.417. The maximum absolute atomic E-state index is 10.1. The van der Waals surface area contributed by atoms with Gasteiger partial charge >= 0.3 is 0 Å². The molecule has 6 nitrogen and oxygen atoms in total. The molecule has 1 aromatic heterocycles. The summed E-state index contributed by atoms with van der Waals surface area (Å²) >= 11 is 12.9. The highest BCUT2D eigenvalue weighted by Crippen LogP contribution is 2.37. The van der Waals surface area contributed by atoms with Crippen molar-refractivity contribution in [1.29, 1.82) is 0 Å². The number of hydrogen-bond donors (Lipinski definition) is 3. The average Bonchev–Trinajstić information content (AvgIpc) is 2.89. The quantitative estimate of drug-likeness (QED) is 0.661. The van der Waals surface area contributed by atoms with Gasteiger partial charge in [0.25, 0.3) is 0 Å². The number of nitrogens with zero attached hydrogens (tertiary/aromatic N) is 2. The molecule has 0 aliphatic carbocycles. The van der Waals surface area contributed by atoms with Gasteiger partial charge in [0.15, 0.2) is 6.23 Å². The molecule has 4 atom stereocenters. The van der Waals surface area contributed by atoms with Crippen LogP contribution in [0.1, 0.15) is 6.23 Å². The van der Waals surface area contributed by atoms with Crippen LogP contribution < -0.4 is 0 Å². The van der Waals surface area contributed by atoms with Crippen LogP contribution in [0.3, 0.4) is 0 Å². The molecule has 0 radical (unpaired) electrons. The Labute approximate surface area is 141 Å². The van der Waals surface area contributed by atoms with E-state index in [0.29, 0.717) is 11.0 Å². The molecule has 114 valence electrons. The highest BCUT2D eigenvalue weighted by atomic mass is 79.9. The summed E-state index contributed by atoms with van der Waals surface area (Å²) < 4.78 is 8.61. The number of aliphatic hydroxyl groups excluding tert-OH is 3. The summed E-state index contributed by atoms with van der Waals surface area (Å²) in [4.78, 5) is 4.21. The molecule has 1 saturated heterocycles. The number of ether oxygens (including phenoxy) is 1. The number of hydrogen-bond acceptors (Lipinski definition) is 5. The molecular weight excluding hydrogens is 431 g/mol. The van der Waals surface area contributed by atoms with E-state index in [2.05, 4.69) is 36.8 Å². The Kier molecular flexibility index (Phi) is 4.30. The fourth-order valence-corrected chi connectivity index (χ4v) is 3.34. The zero-order valence-electron chi connectivity index (χ0n) is 10.4. The van der Waals surface area contributed by atoms with Gasteiger partial charge in [-0.05, 0) is 55.6 Å². The molecule has 2 heterocycles. The minimum absolute atomic E-state index is 0.129. The molecule has 0 spiro atoms. The van der Waals surface area contributed by atoms with Crippen molar-refractivity contribution in [2.45, 2.75) is 24.5 Å². The summed E-state index contributed by atoms with van der Waals surface area (Å²) in [5.41, 5.74) is 1.26. The van der Waals surface area contributed by atoms with E-state index in [1.807, 2.05) is 0 Å². The van der Waals surface area contributed by atoms with Crippen molar-refractivity contribution in [1.82, 2.24) is 9.55 Å². The lowest BCUT2D eigenvalue weighted by molar-refractivity contribution is -0.0507. The van der Waals surface area contributed by atoms with Crippen molar-refractivity contribution in [3.63, 3.8) is 0 Å². The molecule has 1 aromatic carbocycles. The van der Waals surface area contributed by atoms with Gasteiger partial charge in [0, 0.05) is 8.95 Å². The number of halogens is 3. The predicted molar refractivity (Wildman–Crippen MR) is 83.2 cm³/mol. The van der Waals surface area contributed by atoms with Gasteiger partial charge in [0.05, 0.1) is 17.6 Å². The lowest BCUT2D eigenvalue weighted by Crippen LogP contribution is -2.33. The number of fused-ring (bicyclic) bond motifs is 1. The maximum atomic E-state index is 10.1. The van der Waals surface area contributed by atoms with Crippen LogP contribution in [0.15, 0.2) is 21.1 Å². The average molecular weight is 442 g/mol. The second-order valence-electron chi connectivity index (χ2n) is 4.73. The normalized spacial score (nSPS) is 29.4. The van der Waals surface area contributed by atoms with E-state index < -0.39 is 31.1 Å². The van der Waals surface area contributed by atoms with Gasteiger partial charge in [0.2, 0.25) is 5.28 Å². The molecule has 0 amide bonds. The zero-order chi connectivity index (χ0) is 15.3. The van der Waals surface area contributed by atoms with Crippen LogP contribution in [0, 0.1) is 0 Å². The van der Waals surface area contributed by atoms with Crippen molar-refractivity contribution >= 4 is 54.5 Å². The summed E-state index contributed by atoms with van der Waals surface area (Å²) in [7, 11) is 0. The van der Waals surface area contributed by atoms with Crippen LogP contribution in [0.2, 0.25) is 5.28 Å². The first-order valence-electron chi connectivity index (χ1n) is 6.09. The van der Waals surface area contributed by atoms with Crippen LogP contribution in [-0.2, 0) is 4.74 Å². The number of rotatable bonds is 2. The standard InChI is InChI=1S/C12H11Br2ClN2O4/c13-4-1-6-7(2-5(4)14)17(12(15)16-6)11-10(20)9(19)8(3-18)21-11/h1-2,8-11,18-20H,3H2/t8-,9-,10-,11-/m1/s1.